The van der Waals surface area contributed by atoms with Crippen molar-refractivity contribution in [1.82, 2.24) is 0 Å². The molecule has 2 aliphatic carbocycles. The molecule has 0 heterocycles. The minimum atomic E-state index is -4.71. The second-order valence-electron chi connectivity index (χ2n) is 8.89. The van der Waals surface area contributed by atoms with Crippen LogP contribution in [0.5, 0.6) is 5.75 Å². The van der Waals surface area contributed by atoms with Gasteiger partial charge in [-0.3, -0.25) is 4.55 Å². The first-order valence-corrected chi connectivity index (χ1v) is 13.1. The highest BCUT2D eigenvalue weighted by Crippen LogP contribution is 2.41. The van der Waals surface area contributed by atoms with Crippen LogP contribution >= 0.6 is 0 Å². The van der Waals surface area contributed by atoms with Crippen molar-refractivity contribution in [3.05, 3.63) is 29.3 Å². The molecule has 0 aromatic heterocycles. The molecule has 0 aliphatic heterocycles. The van der Waals surface area contributed by atoms with Crippen LogP contribution in [0.3, 0.4) is 0 Å². The number of halogens is 3. The second kappa shape index (κ2) is 11.0. The van der Waals surface area contributed by atoms with Crippen molar-refractivity contribution < 1.29 is 40.4 Å². The maximum atomic E-state index is 13.7. The monoisotopic (exact) mass is 502 g/mol. The minimum absolute atomic E-state index is 0.211. The van der Waals surface area contributed by atoms with E-state index in [1.165, 1.54) is 6.42 Å². The van der Waals surface area contributed by atoms with Crippen molar-refractivity contribution >= 4 is 16.1 Å². The Morgan fingerprint density at radius 3 is 2.35 bits per heavy atom. The van der Waals surface area contributed by atoms with Gasteiger partial charge in [-0.1, -0.05) is 37.5 Å². The molecule has 0 radical (unpaired) electrons. The molecule has 0 bridgehead atoms. The van der Waals surface area contributed by atoms with Crippen molar-refractivity contribution in [3.8, 4) is 17.6 Å². The molecule has 2 fully saturated rings. The lowest BCUT2D eigenvalue weighted by molar-refractivity contribution is -0.139. The molecule has 1 N–H and O–H groups in total. The van der Waals surface area contributed by atoms with Crippen LogP contribution in [0, 0.1) is 17.8 Å². The van der Waals surface area contributed by atoms with Crippen molar-refractivity contribution in [2.75, 3.05) is 12.4 Å². The number of ether oxygens (including phenoxy) is 2. The zero-order chi connectivity index (χ0) is 24.8. The van der Waals surface area contributed by atoms with E-state index in [4.69, 9.17) is 14.0 Å². The van der Waals surface area contributed by atoms with Crippen LogP contribution in [0.4, 0.5) is 13.2 Å². The van der Waals surface area contributed by atoms with Gasteiger partial charge in [0.05, 0.1) is 11.1 Å². The summed E-state index contributed by atoms with van der Waals surface area (Å²) in [6.07, 6.45) is 4.07. The first kappa shape index (κ1) is 26.4. The Morgan fingerprint density at radius 1 is 1.09 bits per heavy atom. The number of carbonyl (C=O) groups excluding carboxylic acids is 1. The van der Waals surface area contributed by atoms with Crippen LogP contribution in [0.25, 0.3) is 0 Å². The van der Waals surface area contributed by atoms with Crippen LogP contribution in [0.1, 0.15) is 80.1 Å². The van der Waals surface area contributed by atoms with Gasteiger partial charge in [0.2, 0.25) is 0 Å². The molecule has 1 aromatic rings. The highest BCUT2D eigenvalue weighted by Gasteiger charge is 2.39. The number of esters is 1. The van der Waals surface area contributed by atoms with E-state index in [2.05, 4.69) is 11.8 Å². The minimum Gasteiger partial charge on any atom is -0.474 e. The van der Waals surface area contributed by atoms with Gasteiger partial charge in [0.25, 0.3) is 10.1 Å². The first-order chi connectivity index (χ1) is 16.0. The van der Waals surface area contributed by atoms with Crippen LogP contribution < -0.4 is 4.74 Å². The van der Waals surface area contributed by atoms with Gasteiger partial charge in [0.15, 0.2) is 5.60 Å². The molecule has 0 saturated heterocycles. The van der Waals surface area contributed by atoms with E-state index >= 15 is 0 Å². The number of hydrogen-bond acceptors (Lipinski definition) is 5. The summed E-state index contributed by atoms with van der Waals surface area (Å²) in [4.78, 5) is 12.3. The zero-order valence-electron chi connectivity index (χ0n) is 18.8. The van der Waals surface area contributed by atoms with E-state index in [1.54, 1.807) is 0 Å². The standard InChI is InChI=1S/C24H29F3O6S/c25-24(26,27)20-10-9-19(22(28)32-15-16-34(29,30)31)17-21(20)33-23(12-5-2-6-13-23)14-11-18-7-3-1-4-8-18/h9-10,17-18H,1-8,12-13,15-16H2,(H,29,30,31). The Morgan fingerprint density at radius 2 is 1.74 bits per heavy atom. The number of benzene rings is 1. The Labute approximate surface area is 198 Å². The van der Waals surface area contributed by atoms with E-state index in [9.17, 15) is 26.4 Å². The molecule has 2 aliphatic rings. The lowest BCUT2D eigenvalue weighted by Gasteiger charge is -2.34. The third-order valence-corrected chi connectivity index (χ3v) is 6.86. The normalized spacial score (nSPS) is 19.1. The van der Waals surface area contributed by atoms with Gasteiger partial charge in [-0.2, -0.15) is 21.6 Å². The smallest absolute Gasteiger partial charge is 0.419 e. The molecule has 188 valence electrons. The summed E-state index contributed by atoms with van der Waals surface area (Å²) >= 11 is 0. The van der Waals surface area contributed by atoms with Gasteiger partial charge >= 0.3 is 12.1 Å². The van der Waals surface area contributed by atoms with E-state index < -0.39 is 51.5 Å². The van der Waals surface area contributed by atoms with Crippen molar-refractivity contribution in [2.24, 2.45) is 5.92 Å². The predicted molar refractivity (Wildman–Crippen MR) is 119 cm³/mol. The predicted octanol–water partition coefficient (Wildman–Crippen LogP) is 5.42. The molecular weight excluding hydrogens is 473 g/mol. The van der Waals surface area contributed by atoms with E-state index in [1.807, 2.05) is 0 Å². The molecule has 0 unspecified atom stereocenters. The topological polar surface area (TPSA) is 89.9 Å². The summed E-state index contributed by atoms with van der Waals surface area (Å²) < 4.78 is 82.4. The molecule has 0 amide bonds. The van der Waals surface area contributed by atoms with Gasteiger partial charge in [-0.25, -0.2) is 4.79 Å². The molecule has 2 saturated carbocycles. The highest BCUT2D eigenvalue weighted by molar-refractivity contribution is 7.85. The molecule has 10 heteroatoms. The Kier molecular flexibility index (Phi) is 8.52. The average molecular weight is 503 g/mol. The molecule has 0 spiro atoms. The average Bonchev–Trinajstić information content (AvgIpc) is 2.77. The maximum Gasteiger partial charge on any atom is 0.419 e. The van der Waals surface area contributed by atoms with Crippen LogP contribution in [-0.2, 0) is 21.0 Å². The molecule has 3 rings (SSSR count). The number of rotatable bonds is 6. The van der Waals surface area contributed by atoms with E-state index in [0.717, 1.165) is 63.1 Å². The molecule has 6 nitrogen and oxygen atoms in total. The van der Waals surface area contributed by atoms with Gasteiger partial charge in [-0.05, 0) is 56.7 Å². The van der Waals surface area contributed by atoms with Crippen LogP contribution in [0.15, 0.2) is 18.2 Å². The maximum absolute atomic E-state index is 13.7. The fraction of sp³-hybridized carbons (Fsp3) is 0.625. The Balaban J connectivity index is 1.88. The number of carbonyl (C=O) groups is 1. The summed E-state index contributed by atoms with van der Waals surface area (Å²) in [6.45, 7) is -0.633. The van der Waals surface area contributed by atoms with Gasteiger partial charge in [0, 0.05) is 5.92 Å². The highest BCUT2D eigenvalue weighted by atomic mass is 32.2. The lowest BCUT2D eigenvalue weighted by Crippen LogP contribution is -2.37. The Hall–Kier alpha value is -2.25. The third kappa shape index (κ3) is 7.64. The zero-order valence-corrected chi connectivity index (χ0v) is 19.6. The summed E-state index contributed by atoms with van der Waals surface area (Å²) in [5.41, 5.74) is -2.31. The van der Waals surface area contributed by atoms with Crippen molar-refractivity contribution in [3.63, 3.8) is 0 Å². The largest absolute Gasteiger partial charge is 0.474 e. The fourth-order valence-electron chi connectivity index (χ4n) is 4.36. The fourth-order valence-corrected chi connectivity index (χ4v) is 4.65. The van der Waals surface area contributed by atoms with E-state index in [-0.39, 0.29) is 11.5 Å². The quantitative estimate of drug-likeness (QED) is 0.318. The lowest BCUT2D eigenvalue weighted by atomic mass is 9.83. The number of hydrogen-bond donors (Lipinski definition) is 1. The summed E-state index contributed by atoms with van der Waals surface area (Å²) in [5, 5.41) is 0. The van der Waals surface area contributed by atoms with Gasteiger partial charge < -0.3 is 9.47 Å². The molecule has 34 heavy (non-hydrogen) atoms. The summed E-state index contributed by atoms with van der Waals surface area (Å²) in [5.74, 6) is 4.31. The van der Waals surface area contributed by atoms with Gasteiger partial charge in [-0.15, -0.1) is 0 Å². The van der Waals surface area contributed by atoms with Crippen LogP contribution in [-0.4, -0.2) is 36.9 Å². The molecule has 1 aromatic carbocycles. The number of alkyl halides is 3. The van der Waals surface area contributed by atoms with Gasteiger partial charge in [0.1, 0.15) is 18.1 Å². The molecular formula is C24H29F3O6S. The van der Waals surface area contributed by atoms with Crippen molar-refractivity contribution in [2.45, 2.75) is 76.0 Å². The van der Waals surface area contributed by atoms with Crippen LogP contribution in [0.2, 0.25) is 0 Å². The SMILES string of the molecule is O=C(OCCS(=O)(=O)O)c1ccc(C(F)(F)F)c(OC2(C#CC3CCCCC3)CCCCC2)c1. The summed E-state index contributed by atoms with van der Waals surface area (Å²) in [6, 6.07) is 2.67. The third-order valence-electron chi connectivity index (χ3n) is 6.17. The second-order valence-corrected chi connectivity index (χ2v) is 10.5. The first-order valence-electron chi connectivity index (χ1n) is 11.5. The molecule has 0 atom stereocenters. The van der Waals surface area contributed by atoms with E-state index in [0.29, 0.717) is 12.8 Å². The Bertz CT molecular complexity index is 1030. The summed E-state index contributed by atoms with van der Waals surface area (Å²) in [7, 11) is -4.35. The van der Waals surface area contributed by atoms with Crippen molar-refractivity contribution in [1.29, 1.82) is 0 Å².